The van der Waals surface area contributed by atoms with Crippen molar-refractivity contribution in [1.82, 2.24) is 4.90 Å². The number of methoxy groups -OCH3 is 1. The summed E-state index contributed by atoms with van der Waals surface area (Å²) in [6, 6.07) is 0. The molecule has 0 saturated carbocycles. The number of esters is 1. The van der Waals surface area contributed by atoms with Crippen molar-refractivity contribution in [3.63, 3.8) is 0 Å². The van der Waals surface area contributed by atoms with Crippen LogP contribution in [0.25, 0.3) is 0 Å². The van der Waals surface area contributed by atoms with Crippen LogP contribution in [0.3, 0.4) is 0 Å². The molecule has 1 radical (unpaired) electrons. The molecule has 8 nitrogen and oxygen atoms in total. The first-order valence-corrected chi connectivity index (χ1v) is 9.30. The van der Waals surface area contributed by atoms with E-state index in [1.807, 2.05) is 0 Å². The zero-order chi connectivity index (χ0) is 21.1. The largest absolute Gasteiger partial charge is 0.469 e. The quantitative estimate of drug-likeness (QED) is 0.280. The fraction of sp³-hybridized carbons (Fsp3) is 0.421. The Morgan fingerprint density at radius 2 is 1.93 bits per heavy atom. The molecule has 0 aromatic carbocycles. The first-order chi connectivity index (χ1) is 13.9. The number of nitrogens with zero attached hydrogens (tertiary/aromatic N) is 2. The van der Waals surface area contributed by atoms with E-state index in [1.54, 1.807) is 6.29 Å². The molecule has 1 unspecified atom stereocenters. The summed E-state index contributed by atoms with van der Waals surface area (Å²) in [5.41, 5.74) is -0.374. The highest BCUT2D eigenvalue weighted by Gasteiger charge is 2.45. The number of rotatable bonds is 6. The van der Waals surface area contributed by atoms with Crippen LogP contribution in [-0.4, -0.2) is 54.6 Å². The zero-order valence-electron chi connectivity index (χ0n) is 15.5. The Balaban J connectivity index is 1.88. The molecule has 2 aliphatic carbocycles. The van der Waals surface area contributed by atoms with Crippen LogP contribution in [0.4, 0.5) is 4.39 Å². The smallest absolute Gasteiger partial charge is 0.309 e. The number of halogens is 2. The average molecular weight is 424 g/mol. The number of hydrogen-bond donors (Lipinski definition) is 0. The van der Waals surface area contributed by atoms with E-state index in [4.69, 9.17) is 16.4 Å². The second kappa shape index (κ2) is 8.69. The molecule has 1 heterocycles. The van der Waals surface area contributed by atoms with Crippen molar-refractivity contribution in [2.45, 2.75) is 38.3 Å². The lowest BCUT2D eigenvalue weighted by molar-refractivity contribution is -0.142. The first kappa shape index (κ1) is 20.9. The summed E-state index contributed by atoms with van der Waals surface area (Å²) in [6.45, 7) is -0.219. The van der Waals surface area contributed by atoms with Crippen LogP contribution in [0.15, 0.2) is 38.7 Å². The Morgan fingerprint density at radius 1 is 1.31 bits per heavy atom. The zero-order valence-corrected chi connectivity index (χ0v) is 16.3. The van der Waals surface area contributed by atoms with Gasteiger partial charge in [-0.1, -0.05) is 16.8 Å². The molecule has 0 fully saturated rings. The predicted molar refractivity (Wildman–Crippen MR) is 98.9 cm³/mol. The lowest BCUT2D eigenvalue weighted by Gasteiger charge is -2.26. The molecule has 3 rings (SSSR count). The number of carbonyl (C=O) groups is 3. The van der Waals surface area contributed by atoms with E-state index in [2.05, 4.69) is 9.89 Å². The van der Waals surface area contributed by atoms with Crippen molar-refractivity contribution >= 4 is 41.4 Å². The highest BCUT2D eigenvalue weighted by Crippen LogP contribution is 2.38. The van der Waals surface area contributed by atoms with Gasteiger partial charge in [0.25, 0.3) is 11.8 Å². The molecule has 29 heavy (non-hydrogen) atoms. The predicted octanol–water partition coefficient (Wildman–Crippen LogP) is 2.00. The van der Waals surface area contributed by atoms with Gasteiger partial charge in [0, 0.05) is 16.7 Å². The molecular formula is C19H17ClFN2O6. The maximum absolute atomic E-state index is 15.2. The normalized spacial score (nSPS) is 23.4. The Kier molecular flexibility index (Phi) is 6.26. The van der Waals surface area contributed by atoms with Crippen molar-refractivity contribution in [1.29, 1.82) is 0 Å². The van der Waals surface area contributed by atoms with Gasteiger partial charge in [0.1, 0.15) is 12.3 Å². The number of amides is 2. The molecule has 0 aromatic rings. The van der Waals surface area contributed by atoms with Crippen molar-refractivity contribution in [2.24, 2.45) is 5.16 Å². The van der Waals surface area contributed by atoms with Gasteiger partial charge in [-0.3, -0.25) is 19.2 Å². The van der Waals surface area contributed by atoms with Crippen LogP contribution in [0, 0.1) is 0 Å². The summed E-state index contributed by atoms with van der Waals surface area (Å²) in [4.78, 5) is 53.4. The fourth-order valence-corrected chi connectivity index (χ4v) is 3.56. The molecule has 0 N–H and O–H groups in total. The van der Waals surface area contributed by atoms with Gasteiger partial charge in [0.15, 0.2) is 6.17 Å². The minimum atomic E-state index is -2.09. The number of imide groups is 1. The van der Waals surface area contributed by atoms with Crippen molar-refractivity contribution in [2.75, 3.05) is 13.7 Å². The second-order valence-electron chi connectivity index (χ2n) is 6.51. The lowest BCUT2D eigenvalue weighted by atomic mass is 9.93. The Bertz CT molecular complexity index is 876. The fourth-order valence-electron chi connectivity index (χ4n) is 3.33. The summed E-state index contributed by atoms with van der Waals surface area (Å²) in [5.74, 6) is -1.76. The second-order valence-corrected chi connectivity index (χ2v) is 6.89. The third-order valence-corrected chi connectivity index (χ3v) is 5.20. The van der Waals surface area contributed by atoms with Gasteiger partial charge in [0.2, 0.25) is 6.29 Å². The monoisotopic (exact) mass is 423 g/mol. The average Bonchev–Trinajstić information content (AvgIpc) is 2.98. The topological polar surface area (TPSA) is 102 Å². The standard InChI is InChI=1S/C19H17ClFN2O6/c1-28-14(25)6-7-29-22-17-15(20)10(9-24)8-13(16(17)21)23-18(26)11-4-2-3-5-12(11)19(23)27/h8,16H,2-7H2,1H3. The maximum Gasteiger partial charge on any atom is 0.309 e. The van der Waals surface area contributed by atoms with E-state index < -0.39 is 29.7 Å². The van der Waals surface area contributed by atoms with Gasteiger partial charge in [-0.2, -0.15) is 0 Å². The number of hydrogen-bond acceptors (Lipinski definition) is 7. The summed E-state index contributed by atoms with van der Waals surface area (Å²) in [7, 11) is 1.20. The van der Waals surface area contributed by atoms with Crippen molar-refractivity contribution in [3.8, 4) is 0 Å². The Labute approximate surface area is 170 Å². The SMILES string of the molecule is COC(=O)CCON=C1C(Cl)=C([C]=O)C=C(N2C(=O)C3=C(CCCC3)C2=O)C1F. The van der Waals surface area contributed by atoms with Crippen molar-refractivity contribution < 1.29 is 33.1 Å². The summed E-state index contributed by atoms with van der Waals surface area (Å²) >= 11 is 6.01. The number of carbonyl (C=O) groups excluding carboxylic acids is 4. The number of alkyl halides is 1. The number of ether oxygens (including phenoxy) is 1. The molecule has 1 atom stereocenters. The van der Waals surface area contributed by atoms with Crippen LogP contribution < -0.4 is 0 Å². The molecule has 153 valence electrons. The third kappa shape index (κ3) is 3.87. The van der Waals surface area contributed by atoms with Gasteiger partial charge in [-0.05, 0) is 31.8 Å². The molecular weight excluding hydrogens is 407 g/mol. The van der Waals surface area contributed by atoms with Gasteiger partial charge < -0.3 is 9.57 Å². The van der Waals surface area contributed by atoms with Gasteiger partial charge >= 0.3 is 5.97 Å². The molecule has 0 aromatic heterocycles. The van der Waals surface area contributed by atoms with E-state index in [-0.39, 0.29) is 29.3 Å². The first-order valence-electron chi connectivity index (χ1n) is 8.92. The van der Waals surface area contributed by atoms with E-state index in [0.717, 1.165) is 23.8 Å². The van der Waals surface area contributed by atoms with Crippen LogP contribution in [0.2, 0.25) is 0 Å². The highest BCUT2D eigenvalue weighted by molar-refractivity contribution is 6.46. The van der Waals surface area contributed by atoms with E-state index in [1.165, 1.54) is 7.11 Å². The van der Waals surface area contributed by atoms with E-state index in [0.29, 0.717) is 24.0 Å². The van der Waals surface area contributed by atoms with E-state index >= 15 is 4.39 Å². The highest BCUT2D eigenvalue weighted by atomic mass is 35.5. The van der Waals surface area contributed by atoms with Gasteiger partial charge in [0.05, 0.1) is 24.3 Å². The Morgan fingerprint density at radius 3 is 2.48 bits per heavy atom. The Hall–Kier alpha value is -2.81. The molecule has 1 aliphatic heterocycles. The third-order valence-electron chi connectivity index (χ3n) is 4.80. The van der Waals surface area contributed by atoms with Crippen LogP contribution in [0.1, 0.15) is 32.1 Å². The molecule has 2 amide bonds. The minimum absolute atomic E-state index is 0.138. The van der Waals surface area contributed by atoms with E-state index in [9.17, 15) is 19.2 Å². The maximum atomic E-state index is 15.2. The molecule has 10 heteroatoms. The number of oxime groups is 1. The summed E-state index contributed by atoms with van der Waals surface area (Å²) in [5, 5.41) is 3.22. The van der Waals surface area contributed by atoms with Gasteiger partial charge in [-0.25, -0.2) is 9.29 Å². The summed E-state index contributed by atoms with van der Waals surface area (Å²) in [6.07, 6.45) is 2.76. The minimum Gasteiger partial charge on any atom is -0.469 e. The number of allylic oxidation sites excluding steroid dienone is 4. The molecule has 0 bridgehead atoms. The lowest BCUT2D eigenvalue weighted by Crippen LogP contribution is -2.39. The molecule has 0 saturated heterocycles. The van der Waals surface area contributed by atoms with Crippen LogP contribution in [0.5, 0.6) is 0 Å². The van der Waals surface area contributed by atoms with Crippen LogP contribution >= 0.6 is 11.6 Å². The van der Waals surface area contributed by atoms with Crippen molar-refractivity contribution in [3.05, 3.63) is 33.5 Å². The molecule has 0 spiro atoms. The van der Waals surface area contributed by atoms with Crippen LogP contribution in [-0.2, 0) is 28.8 Å². The molecule has 3 aliphatic rings. The summed E-state index contributed by atoms with van der Waals surface area (Å²) < 4.78 is 19.7. The van der Waals surface area contributed by atoms with Gasteiger partial charge in [-0.15, -0.1) is 0 Å².